The van der Waals surface area contributed by atoms with Crippen molar-refractivity contribution in [2.75, 3.05) is 32.4 Å². The molecule has 0 bridgehead atoms. The zero-order chi connectivity index (χ0) is 11.7. The molecule has 1 fully saturated rings. The molecule has 1 rings (SSSR count). The maximum Gasteiger partial charge on any atom is 0.0786 e. The molecule has 0 unspecified atom stereocenters. The standard InChI is InChI=1S/C14H29NS.BrH/c1-15(12-8-9-13-15)11-7-5-3-2-4-6-10-14-16;/h2-14H2,1H3;1H. The summed E-state index contributed by atoms with van der Waals surface area (Å²) in [6.07, 6.45) is 12.8. The van der Waals surface area contributed by atoms with E-state index in [-0.39, 0.29) is 17.0 Å². The Morgan fingerprint density at radius 3 is 1.82 bits per heavy atom. The molecule has 0 aromatic rings. The summed E-state index contributed by atoms with van der Waals surface area (Å²) in [6.45, 7) is 4.29. The molecule has 1 saturated heterocycles. The Bertz CT molecular complexity index is 170. The molecule has 17 heavy (non-hydrogen) atoms. The summed E-state index contributed by atoms with van der Waals surface area (Å²) in [5, 5.41) is 0. The van der Waals surface area contributed by atoms with Gasteiger partial charge in [0.25, 0.3) is 0 Å². The fourth-order valence-electron chi connectivity index (χ4n) is 2.81. The molecule has 0 saturated carbocycles. The van der Waals surface area contributed by atoms with Gasteiger partial charge in [-0.15, -0.1) is 0 Å². The Balaban J connectivity index is 0.00000256. The summed E-state index contributed by atoms with van der Waals surface area (Å²) in [5.74, 6) is 1.07. The highest BCUT2D eigenvalue weighted by Crippen LogP contribution is 2.18. The van der Waals surface area contributed by atoms with E-state index in [1.54, 1.807) is 0 Å². The molecule has 1 nitrogen and oxygen atoms in total. The zero-order valence-corrected chi connectivity index (χ0v) is 13.9. The third kappa shape index (κ3) is 8.50. The van der Waals surface area contributed by atoms with Gasteiger partial charge in [-0.2, -0.15) is 12.6 Å². The number of hydrogen-bond acceptors (Lipinski definition) is 1. The molecule has 0 aliphatic carbocycles. The van der Waals surface area contributed by atoms with Crippen molar-refractivity contribution in [1.82, 2.24) is 0 Å². The minimum absolute atomic E-state index is 0. The van der Waals surface area contributed by atoms with Gasteiger partial charge in [-0.25, -0.2) is 0 Å². The summed E-state index contributed by atoms with van der Waals surface area (Å²) < 4.78 is 1.36. The zero-order valence-electron chi connectivity index (χ0n) is 11.5. The van der Waals surface area contributed by atoms with E-state index >= 15 is 0 Å². The number of likely N-dealkylation sites (tertiary alicyclic amines) is 1. The second-order valence-corrected chi connectivity index (χ2v) is 6.14. The number of rotatable bonds is 9. The summed E-state index contributed by atoms with van der Waals surface area (Å²) in [4.78, 5) is 0. The van der Waals surface area contributed by atoms with Gasteiger partial charge in [-0.05, 0) is 25.0 Å². The van der Waals surface area contributed by atoms with Crippen LogP contribution in [-0.4, -0.2) is 36.9 Å². The van der Waals surface area contributed by atoms with Crippen LogP contribution >= 0.6 is 12.6 Å². The van der Waals surface area contributed by atoms with E-state index < -0.39 is 0 Å². The number of thiol groups is 1. The molecule has 3 heteroatoms. The van der Waals surface area contributed by atoms with E-state index in [0.29, 0.717) is 0 Å². The average molecular weight is 324 g/mol. The van der Waals surface area contributed by atoms with Crippen molar-refractivity contribution in [3.05, 3.63) is 0 Å². The largest absolute Gasteiger partial charge is 1.00 e. The lowest BCUT2D eigenvalue weighted by molar-refractivity contribution is -0.897. The third-order valence-corrected chi connectivity index (χ3v) is 4.32. The van der Waals surface area contributed by atoms with Gasteiger partial charge in [0, 0.05) is 12.8 Å². The predicted molar refractivity (Wildman–Crippen MR) is 76.2 cm³/mol. The minimum atomic E-state index is 0. The Morgan fingerprint density at radius 2 is 1.29 bits per heavy atom. The van der Waals surface area contributed by atoms with E-state index in [9.17, 15) is 0 Å². The highest BCUT2D eigenvalue weighted by molar-refractivity contribution is 7.80. The van der Waals surface area contributed by atoms with Crippen LogP contribution in [0.5, 0.6) is 0 Å². The van der Waals surface area contributed by atoms with E-state index in [1.165, 1.54) is 81.9 Å². The van der Waals surface area contributed by atoms with E-state index in [0.717, 1.165) is 5.75 Å². The molecule has 1 aliphatic heterocycles. The lowest BCUT2D eigenvalue weighted by atomic mass is 10.1. The van der Waals surface area contributed by atoms with Crippen molar-refractivity contribution in [3.8, 4) is 0 Å². The minimum Gasteiger partial charge on any atom is -1.00 e. The predicted octanol–water partition coefficient (Wildman–Crippen LogP) is 0.891. The smallest absolute Gasteiger partial charge is 0.0786 e. The first-order valence-corrected chi connectivity index (χ1v) is 7.84. The van der Waals surface area contributed by atoms with Crippen molar-refractivity contribution < 1.29 is 21.5 Å². The van der Waals surface area contributed by atoms with Gasteiger partial charge < -0.3 is 21.5 Å². The van der Waals surface area contributed by atoms with Crippen LogP contribution in [0.25, 0.3) is 0 Å². The maximum atomic E-state index is 4.24. The quantitative estimate of drug-likeness (QED) is 0.364. The van der Waals surface area contributed by atoms with Crippen molar-refractivity contribution in [2.45, 2.75) is 57.8 Å². The van der Waals surface area contributed by atoms with Gasteiger partial charge in [0.05, 0.1) is 26.7 Å². The lowest BCUT2D eigenvalue weighted by Gasteiger charge is -2.29. The van der Waals surface area contributed by atoms with E-state index in [2.05, 4.69) is 19.7 Å². The molecule has 0 atom stereocenters. The molecule has 1 aliphatic rings. The van der Waals surface area contributed by atoms with Gasteiger partial charge in [-0.1, -0.05) is 25.7 Å². The number of hydrogen-bond donors (Lipinski definition) is 1. The Hall–Kier alpha value is 0.790. The Labute approximate surface area is 124 Å². The van der Waals surface area contributed by atoms with Crippen molar-refractivity contribution in [3.63, 3.8) is 0 Å². The molecular weight excluding hydrogens is 294 g/mol. The fraction of sp³-hybridized carbons (Fsp3) is 1.00. The van der Waals surface area contributed by atoms with Crippen LogP contribution in [0.3, 0.4) is 0 Å². The number of unbranched alkanes of at least 4 members (excludes halogenated alkanes) is 6. The van der Waals surface area contributed by atoms with Gasteiger partial charge in [-0.3, -0.25) is 0 Å². The summed E-state index contributed by atoms with van der Waals surface area (Å²) >= 11 is 4.24. The number of quaternary nitrogens is 1. The molecule has 0 aromatic carbocycles. The highest BCUT2D eigenvalue weighted by atomic mass is 79.9. The molecule has 0 spiro atoms. The van der Waals surface area contributed by atoms with E-state index in [4.69, 9.17) is 0 Å². The van der Waals surface area contributed by atoms with E-state index in [1.807, 2.05) is 0 Å². The fourth-order valence-corrected chi connectivity index (χ4v) is 3.04. The second kappa shape index (κ2) is 10.7. The van der Waals surface area contributed by atoms with Crippen LogP contribution < -0.4 is 17.0 Å². The summed E-state index contributed by atoms with van der Waals surface area (Å²) in [7, 11) is 2.44. The molecule has 0 N–H and O–H groups in total. The lowest BCUT2D eigenvalue weighted by Crippen LogP contribution is -3.00. The highest BCUT2D eigenvalue weighted by Gasteiger charge is 2.25. The topological polar surface area (TPSA) is 0 Å². The SMILES string of the molecule is C[N+]1(CCCCCCCCCS)CCCC1.[Br-]. The van der Waals surface area contributed by atoms with Crippen LogP contribution in [0.1, 0.15) is 57.8 Å². The first kappa shape index (κ1) is 17.8. The summed E-state index contributed by atoms with van der Waals surface area (Å²) in [6, 6.07) is 0. The van der Waals surface area contributed by atoms with Crippen LogP contribution in [0.4, 0.5) is 0 Å². The van der Waals surface area contributed by atoms with Crippen LogP contribution in [0.15, 0.2) is 0 Å². The normalized spacial score (nSPS) is 18.0. The van der Waals surface area contributed by atoms with Crippen LogP contribution in [0.2, 0.25) is 0 Å². The van der Waals surface area contributed by atoms with Gasteiger partial charge in [0.15, 0.2) is 0 Å². The Kier molecular flexibility index (Phi) is 11.2. The molecule has 104 valence electrons. The molecule has 0 radical (unpaired) electrons. The van der Waals surface area contributed by atoms with Crippen LogP contribution in [0, 0.1) is 0 Å². The summed E-state index contributed by atoms with van der Waals surface area (Å²) in [5.41, 5.74) is 0. The molecule has 0 aromatic heterocycles. The average Bonchev–Trinajstić information content (AvgIpc) is 2.70. The van der Waals surface area contributed by atoms with Gasteiger partial charge in [0.2, 0.25) is 0 Å². The first-order chi connectivity index (χ1) is 7.77. The third-order valence-electron chi connectivity index (χ3n) is 4.00. The number of halogens is 1. The second-order valence-electron chi connectivity index (χ2n) is 5.70. The monoisotopic (exact) mass is 323 g/mol. The van der Waals surface area contributed by atoms with Gasteiger partial charge >= 0.3 is 0 Å². The molecular formula is C14H30BrNS. The molecule has 1 heterocycles. The number of nitrogens with zero attached hydrogens (tertiary/aromatic N) is 1. The molecule has 0 amide bonds. The van der Waals surface area contributed by atoms with Crippen molar-refractivity contribution >= 4 is 12.6 Å². The first-order valence-electron chi connectivity index (χ1n) is 7.21. The van der Waals surface area contributed by atoms with Crippen LogP contribution in [-0.2, 0) is 0 Å². The van der Waals surface area contributed by atoms with Gasteiger partial charge in [0.1, 0.15) is 0 Å². The maximum absolute atomic E-state index is 4.24. The Morgan fingerprint density at radius 1 is 0.824 bits per heavy atom. The van der Waals surface area contributed by atoms with Crippen molar-refractivity contribution in [1.29, 1.82) is 0 Å². The van der Waals surface area contributed by atoms with Crippen molar-refractivity contribution in [2.24, 2.45) is 0 Å².